The number of furan rings is 1. The number of esters is 1. The minimum absolute atomic E-state index is 0.0512. The second-order valence-corrected chi connectivity index (χ2v) is 5.24. The molecule has 3 rings (SSSR count). The van der Waals surface area contributed by atoms with Gasteiger partial charge in [0.15, 0.2) is 0 Å². The second-order valence-electron chi connectivity index (χ2n) is 5.24. The normalized spacial score (nSPS) is 37.6. The second kappa shape index (κ2) is 5.17. The Bertz CT molecular complexity index is 475. The lowest BCUT2D eigenvalue weighted by Gasteiger charge is -2.42. The zero-order chi connectivity index (χ0) is 14.3. The van der Waals surface area contributed by atoms with Gasteiger partial charge in [0.25, 0.3) is 0 Å². The maximum absolute atomic E-state index is 11.8. The van der Waals surface area contributed by atoms with Crippen molar-refractivity contribution in [2.75, 3.05) is 13.1 Å². The molecule has 2 fully saturated rings. The van der Waals surface area contributed by atoms with Gasteiger partial charge in [-0.2, -0.15) is 0 Å². The van der Waals surface area contributed by atoms with Crippen LogP contribution in [0.2, 0.25) is 0 Å². The molecule has 0 aromatic carbocycles. The van der Waals surface area contributed by atoms with Crippen LogP contribution < -0.4 is 0 Å². The van der Waals surface area contributed by atoms with Crippen LogP contribution in [0.5, 0.6) is 0 Å². The van der Waals surface area contributed by atoms with Crippen molar-refractivity contribution in [3.8, 4) is 0 Å². The number of carbonyl (C=O) groups excluding carboxylic acids is 1. The fourth-order valence-corrected chi connectivity index (χ4v) is 2.98. The van der Waals surface area contributed by atoms with Gasteiger partial charge in [0.05, 0.1) is 18.4 Å². The highest BCUT2D eigenvalue weighted by molar-refractivity contribution is 5.86. The number of ether oxygens (including phenoxy) is 1. The lowest BCUT2D eigenvalue weighted by atomic mass is 9.93. The van der Waals surface area contributed by atoms with E-state index in [1.54, 1.807) is 6.07 Å². The number of piperidine rings is 1. The van der Waals surface area contributed by atoms with E-state index in [0.29, 0.717) is 13.0 Å². The Morgan fingerprint density at radius 3 is 2.85 bits per heavy atom. The van der Waals surface area contributed by atoms with Crippen molar-refractivity contribution < 1.29 is 29.3 Å². The summed E-state index contributed by atoms with van der Waals surface area (Å²) in [5.74, 6) is -0.625. The number of nitrogens with zero attached hydrogens (tertiary/aromatic N) is 1. The van der Waals surface area contributed by atoms with Crippen LogP contribution in [0, 0.1) is 0 Å². The van der Waals surface area contributed by atoms with E-state index in [-0.39, 0.29) is 12.3 Å². The fourth-order valence-electron chi connectivity index (χ4n) is 2.98. The Balaban J connectivity index is 1.70. The monoisotopic (exact) mass is 283 g/mol. The van der Waals surface area contributed by atoms with Crippen molar-refractivity contribution in [3.05, 3.63) is 24.2 Å². The standard InChI is InChI=1S/C13H17NO6/c15-7-3-4-14-6-9(11(16)12(17)10(7)14)20-13(18)8-2-1-5-19-8/h1-2,5,7,9-12,15-17H,3-4,6H2/t7-,9?,10-,11-,12-/m0/s1. The lowest BCUT2D eigenvalue weighted by Crippen LogP contribution is -2.62. The summed E-state index contributed by atoms with van der Waals surface area (Å²) < 4.78 is 10.1. The summed E-state index contributed by atoms with van der Waals surface area (Å²) in [6, 6.07) is 2.54. The van der Waals surface area contributed by atoms with Gasteiger partial charge < -0.3 is 24.5 Å². The van der Waals surface area contributed by atoms with Crippen molar-refractivity contribution in [1.82, 2.24) is 4.90 Å². The molecule has 3 N–H and O–H groups in total. The molecule has 0 spiro atoms. The van der Waals surface area contributed by atoms with E-state index in [2.05, 4.69) is 0 Å². The number of carbonyl (C=O) groups is 1. The summed E-state index contributed by atoms with van der Waals surface area (Å²) in [5.41, 5.74) is 0. The molecule has 0 bridgehead atoms. The Morgan fingerprint density at radius 1 is 1.35 bits per heavy atom. The molecule has 20 heavy (non-hydrogen) atoms. The number of fused-ring (bicyclic) bond motifs is 1. The van der Waals surface area contributed by atoms with Crippen molar-refractivity contribution in [3.63, 3.8) is 0 Å². The molecule has 1 unspecified atom stereocenters. The molecule has 7 nitrogen and oxygen atoms in total. The van der Waals surface area contributed by atoms with E-state index in [1.807, 2.05) is 4.90 Å². The Labute approximate surface area is 115 Å². The Morgan fingerprint density at radius 2 is 2.15 bits per heavy atom. The molecule has 1 aromatic heterocycles. The Hall–Kier alpha value is -1.41. The summed E-state index contributed by atoms with van der Waals surface area (Å²) in [5, 5.41) is 29.9. The number of hydrogen-bond acceptors (Lipinski definition) is 7. The van der Waals surface area contributed by atoms with Gasteiger partial charge in [0.1, 0.15) is 18.3 Å². The first-order valence-corrected chi connectivity index (χ1v) is 6.60. The van der Waals surface area contributed by atoms with E-state index < -0.39 is 36.4 Å². The highest BCUT2D eigenvalue weighted by Crippen LogP contribution is 2.29. The molecule has 1 aromatic rings. The molecule has 0 aliphatic carbocycles. The van der Waals surface area contributed by atoms with Crippen molar-refractivity contribution in [1.29, 1.82) is 0 Å². The molecular formula is C13H17NO6. The van der Waals surface area contributed by atoms with Gasteiger partial charge in [-0.25, -0.2) is 4.79 Å². The van der Waals surface area contributed by atoms with Gasteiger partial charge in [0, 0.05) is 13.1 Å². The third-order valence-electron chi connectivity index (χ3n) is 4.00. The zero-order valence-corrected chi connectivity index (χ0v) is 10.8. The molecule has 2 aliphatic rings. The average Bonchev–Trinajstić information content (AvgIpc) is 3.05. The molecule has 2 aliphatic heterocycles. The summed E-state index contributed by atoms with van der Waals surface area (Å²) >= 11 is 0. The van der Waals surface area contributed by atoms with Gasteiger partial charge in [0.2, 0.25) is 5.76 Å². The van der Waals surface area contributed by atoms with Gasteiger partial charge in [-0.05, 0) is 18.6 Å². The molecule has 5 atom stereocenters. The number of hydrogen-bond donors (Lipinski definition) is 3. The quantitative estimate of drug-likeness (QED) is 0.597. The maximum Gasteiger partial charge on any atom is 0.374 e. The highest BCUT2D eigenvalue weighted by atomic mass is 16.6. The maximum atomic E-state index is 11.8. The molecule has 0 amide bonds. The van der Waals surface area contributed by atoms with Crippen molar-refractivity contribution in [2.45, 2.75) is 36.9 Å². The summed E-state index contributed by atoms with van der Waals surface area (Å²) in [6.45, 7) is 0.886. The predicted octanol–water partition coefficient (Wildman–Crippen LogP) is -1.02. The minimum Gasteiger partial charge on any atom is -0.457 e. The van der Waals surface area contributed by atoms with Crippen LogP contribution in [0.3, 0.4) is 0 Å². The molecule has 7 heteroatoms. The van der Waals surface area contributed by atoms with Crippen molar-refractivity contribution >= 4 is 5.97 Å². The highest BCUT2D eigenvalue weighted by Gasteiger charge is 2.49. The third kappa shape index (κ3) is 2.22. The van der Waals surface area contributed by atoms with Crippen LogP contribution in [-0.2, 0) is 4.74 Å². The largest absolute Gasteiger partial charge is 0.457 e. The SMILES string of the molecule is O=C(OC1CN2CC[C@H](O)[C@H]2[C@H](O)[C@H]1O)c1ccco1. The van der Waals surface area contributed by atoms with E-state index in [1.165, 1.54) is 12.3 Å². The minimum atomic E-state index is -1.22. The molecular weight excluding hydrogens is 266 g/mol. The summed E-state index contributed by atoms with van der Waals surface area (Å²) in [7, 11) is 0. The van der Waals surface area contributed by atoms with Gasteiger partial charge in [-0.15, -0.1) is 0 Å². The van der Waals surface area contributed by atoms with E-state index >= 15 is 0 Å². The van der Waals surface area contributed by atoms with Crippen LogP contribution in [-0.4, -0.2) is 69.7 Å². The number of aliphatic hydroxyl groups is 3. The van der Waals surface area contributed by atoms with E-state index in [9.17, 15) is 20.1 Å². The van der Waals surface area contributed by atoms with Gasteiger partial charge >= 0.3 is 5.97 Å². The average molecular weight is 283 g/mol. The van der Waals surface area contributed by atoms with Crippen LogP contribution >= 0.6 is 0 Å². The lowest BCUT2D eigenvalue weighted by molar-refractivity contribution is -0.144. The van der Waals surface area contributed by atoms with Crippen LogP contribution in [0.4, 0.5) is 0 Å². The molecule has 3 heterocycles. The van der Waals surface area contributed by atoms with Gasteiger partial charge in [-0.3, -0.25) is 4.90 Å². The molecule has 0 saturated carbocycles. The first-order valence-electron chi connectivity index (χ1n) is 6.60. The molecule has 110 valence electrons. The van der Waals surface area contributed by atoms with Gasteiger partial charge in [-0.1, -0.05) is 0 Å². The third-order valence-corrected chi connectivity index (χ3v) is 4.00. The fraction of sp³-hybridized carbons (Fsp3) is 0.615. The van der Waals surface area contributed by atoms with E-state index in [0.717, 1.165) is 0 Å². The Kier molecular flexibility index (Phi) is 3.51. The first-order chi connectivity index (χ1) is 9.58. The summed E-state index contributed by atoms with van der Waals surface area (Å²) in [6.07, 6.45) is -1.98. The van der Waals surface area contributed by atoms with E-state index in [4.69, 9.17) is 9.15 Å². The molecule has 0 radical (unpaired) electrons. The zero-order valence-electron chi connectivity index (χ0n) is 10.8. The summed E-state index contributed by atoms with van der Waals surface area (Å²) in [4.78, 5) is 13.6. The smallest absolute Gasteiger partial charge is 0.374 e. The number of aliphatic hydroxyl groups excluding tert-OH is 3. The topological polar surface area (TPSA) is 103 Å². The van der Waals surface area contributed by atoms with Crippen LogP contribution in [0.1, 0.15) is 17.0 Å². The van der Waals surface area contributed by atoms with Crippen LogP contribution in [0.25, 0.3) is 0 Å². The first kappa shape index (κ1) is 13.6. The van der Waals surface area contributed by atoms with Crippen LogP contribution in [0.15, 0.2) is 22.8 Å². The number of rotatable bonds is 2. The predicted molar refractivity (Wildman–Crippen MR) is 65.9 cm³/mol. The molecule has 2 saturated heterocycles. The van der Waals surface area contributed by atoms with Crippen molar-refractivity contribution in [2.24, 2.45) is 0 Å².